The van der Waals surface area contributed by atoms with Crippen LogP contribution in [0.1, 0.15) is 71.6 Å². The second-order valence-corrected chi connectivity index (χ2v) is 7.92. The van der Waals surface area contributed by atoms with Crippen LogP contribution in [-0.4, -0.2) is 37.6 Å². The van der Waals surface area contributed by atoms with E-state index in [0.29, 0.717) is 5.41 Å². The van der Waals surface area contributed by atoms with E-state index in [4.69, 9.17) is 0 Å². The van der Waals surface area contributed by atoms with Crippen LogP contribution in [0.3, 0.4) is 0 Å². The minimum absolute atomic E-state index is 0.459. The van der Waals surface area contributed by atoms with Crippen LogP contribution in [0.4, 0.5) is 0 Å². The Kier molecular flexibility index (Phi) is 6.35. The first-order valence-corrected chi connectivity index (χ1v) is 9.03. The molecular weight excluding hydrogens is 244 g/mol. The maximum Gasteiger partial charge on any atom is 0.00684 e. The van der Waals surface area contributed by atoms with Gasteiger partial charge in [-0.1, -0.05) is 39.5 Å². The summed E-state index contributed by atoms with van der Waals surface area (Å²) in [6, 6.07) is 0.842. The standard InChI is InChI=1S/C18H36N2/c1-4-12-18(2,14-19-17-10-11-17)15-20(3)13-16-8-6-5-7-9-16/h16-17,19H,4-15H2,1-3H3. The van der Waals surface area contributed by atoms with Crippen LogP contribution in [0.15, 0.2) is 0 Å². The number of nitrogens with zero attached hydrogens (tertiary/aromatic N) is 1. The fraction of sp³-hybridized carbons (Fsp3) is 1.00. The van der Waals surface area contributed by atoms with E-state index in [1.165, 1.54) is 77.4 Å². The molecule has 1 atom stereocenters. The van der Waals surface area contributed by atoms with Gasteiger partial charge in [-0.05, 0) is 50.5 Å². The second kappa shape index (κ2) is 7.79. The lowest BCUT2D eigenvalue weighted by atomic mass is 9.84. The monoisotopic (exact) mass is 280 g/mol. The first kappa shape index (κ1) is 16.3. The zero-order valence-corrected chi connectivity index (χ0v) is 14.1. The smallest absolute Gasteiger partial charge is 0.00684 e. The molecule has 0 aromatic heterocycles. The van der Waals surface area contributed by atoms with Gasteiger partial charge in [0, 0.05) is 25.7 Å². The molecule has 0 bridgehead atoms. The Bertz CT molecular complexity index is 269. The Labute approximate surface area is 126 Å². The Morgan fingerprint density at radius 1 is 1.10 bits per heavy atom. The van der Waals surface area contributed by atoms with Crippen molar-refractivity contribution in [1.82, 2.24) is 10.2 Å². The lowest BCUT2D eigenvalue weighted by Crippen LogP contribution is -2.43. The van der Waals surface area contributed by atoms with Gasteiger partial charge < -0.3 is 10.2 Å². The fourth-order valence-corrected chi connectivity index (χ4v) is 4.03. The van der Waals surface area contributed by atoms with E-state index in [-0.39, 0.29) is 0 Å². The van der Waals surface area contributed by atoms with Crippen molar-refractivity contribution in [2.75, 3.05) is 26.7 Å². The van der Waals surface area contributed by atoms with Crippen LogP contribution in [0.5, 0.6) is 0 Å². The summed E-state index contributed by atoms with van der Waals surface area (Å²) in [5.74, 6) is 0.969. The van der Waals surface area contributed by atoms with Gasteiger partial charge in [0.2, 0.25) is 0 Å². The van der Waals surface area contributed by atoms with Crippen molar-refractivity contribution < 1.29 is 0 Å². The van der Waals surface area contributed by atoms with Gasteiger partial charge in [0.15, 0.2) is 0 Å². The van der Waals surface area contributed by atoms with Crippen molar-refractivity contribution in [2.45, 2.75) is 77.7 Å². The molecule has 0 amide bonds. The minimum Gasteiger partial charge on any atom is -0.313 e. The second-order valence-electron chi connectivity index (χ2n) is 7.92. The number of hydrogen-bond donors (Lipinski definition) is 1. The van der Waals surface area contributed by atoms with Crippen molar-refractivity contribution in [1.29, 1.82) is 0 Å². The number of rotatable bonds is 9. The molecule has 2 heteroatoms. The third kappa shape index (κ3) is 5.73. The van der Waals surface area contributed by atoms with Crippen LogP contribution in [-0.2, 0) is 0 Å². The minimum atomic E-state index is 0.459. The average molecular weight is 280 g/mol. The average Bonchev–Trinajstić information content (AvgIpc) is 3.22. The first-order chi connectivity index (χ1) is 9.61. The maximum atomic E-state index is 3.76. The summed E-state index contributed by atoms with van der Waals surface area (Å²) < 4.78 is 0. The normalized spacial score (nSPS) is 24.0. The van der Waals surface area contributed by atoms with Crippen molar-refractivity contribution >= 4 is 0 Å². The molecule has 20 heavy (non-hydrogen) atoms. The fourth-order valence-electron chi connectivity index (χ4n) is 4.03. The molecule has 1 N–H and O–H groups in total. The molecule has 0 heterocycles. The zero-order valence-electron chi connectivity index (χ0n) is 14.1. The maximum absolute atomic E-state index is 3.76. The highest BCUT2D eigenvalue weighted by molar-refractivity contribution is 4.87. The summed E-state index contributed by atoms with van der Waals surface area (Å²) in [5.41, 5.74) is 0.459. The van der Waals surface area contributed by atoms with Gasteiger partial charge in [-0.15, -0.1) is 0 Å². The molecule has 0 radical (unpaired) electrons. The van der Waals surface area contributed by atoms with E-state index in [1.54, 1.807) is 0 Å². The lowest BCUT2D eigenvalue weighted by Gasteiger charge is -2.36. The summed E-state index contributed by atoms with van der Waals surface area (Å²) in [6.45, 7) is 8.61. The molecule has 2 aliphatic carbocycles. The highest BCUT2D eigenvalue weighted by Crippen LogP contribution is 2.29. The molecule has 0 aromatic carbocycles. The van der Waals surface area contributed by atoms with Gasteiger partial charge >= 0.3 is 0 Å². The molecule has 2 fully saturated rings. The van der Waals surface area contributed by atoms with Gasteiger partial charge in [0.1, 0.15) is 0 Å². The van der Waals surface area contributed by atoms with Crippen LogP contribution in [0.25, 0.3) is 0 Å². The third-order valence-corrected chi connectivity index (χ3v) is 5.19. The zero-order chi connectivity index (χ0) is 14.4. The summed E-state index contributed by atoms with van der Waals surface area (Å²) in [7, 11) is 2.35. The molecule has 0 aliphatic heterocycles. The summed E-state index contributed by atoms with van der Waals surface area (Å²) in [6.07, 6.45) is 12.8. The van der Waals surface area contributed by atoms with Crippen molar-refractivity contribution in [3.63, 3.8) is 0 Å². The Hall–Kier alpha value is -0.0800. The van der Waals surface area contributed by atoms with E-state index in [2.05, 4.69) is 31.1 Å². The highest BCUT2D eigenvalue weighted by atomic mass is 15.1. The Morgan fingerprint density at radius 3 is 2.40 bits per heavy atom. The van der Waals surface area contributed by atoms with Gasteiger partial charge in [0.05, 0.1) is 0 Å². The van der Waals surface area contributed by atoms with Crippen molar-refractivity contribution in [2.24, 2.45) is 11.3 Å². The van der Waals surface area contributed by atoms with Gasteiger partial charge in [0.25, 0.3) is 0 Å². The lowest BCUT2D eigenvalue weighted by molar-refractivity contribution is 0.145. The van der Waals surface area contributed by atoms with Crippen molar-refractivity contribution in [3.05, 3.63) is 0 Å². The molecular formula is C18H36N2. The number of hydrogen-bond acceptors (Lipinski definition) is 2. The molecule has 2 nitrogen and oxygen atoms in total. The SMILES string of the molecule is CCCC(C)(CNC1CC1)CN(C)CC1CCCCC1. The molecule has 0 spiro atoms. The molecule has 2 aliphatic rings. The van der Waals surface area contributed by atoms with E-state index in [9.17, 15) is 0 Å². The van der Waals surface area contributed by atoms with E-state index in [0.717, 1.165) is 12.0 Å². The molecule has 0 saturated heterocycles. The predicted molar refractivity (Wildman–Crippen MR) is 88.1 cm³/mol. The topological polar surface area (TPSA) is 15.3 Å². The Balaban J connectivity index is 1.75. The molecule has 1 unspecified atom stereocenters. The Morgan fingerprint density at radius 2 is 1.80 bits per heavy atom. The highest BCUT2D eigenvalue weighted by Gasteiger charge is 2.29. The number of nitrogens with one attached hydrogen (secondary N) is 1. The predicted octanol–water partition coefficient (Wildman–Crippen LogP) is 4.06. The summed E-state index contributed by atoms with van der Waals surface area (Å²) >= 11 is 0. The van der Waals surface area contributed by atoms with Gasteiger partial charge in [-0.2, -0.15) is 0 Å². The quantitative estimate of drug-likeness (QED) is 0.685. The molecule has 0 aromatic rings. The first-order valence-electron chi connectivity index (χ1n) is 9.03. The molecule has 118 valence electrons. The largest absolute Gasteiger partial charge is 0.313 e. The van der Waals surface area contributed by atoms with Crippen LogP contribution in [0, 0.1) is 11.3 Å². The van der Waals surface area contributed by atoms with Crippen LogP contribution >= 0.6 is 0 Å². The van der Waals surface area contributed by atoms with Gasteiger partial charge in [-0.3, -0.25) is 0 Å². The third-order valence-electron chi connectivity index (χ3n) is 5.19. The van der Waals surface area contributed by atoms with E-state index >= 15 is 0 Å². The van der Waals surface area contributed by atoms with E-state index < -0.39 is 0 Å². The van der Waals surface area contributed by atoms with Crippen LogP contribution in [0.2, 0.25) is 0 Å². The molecule has 2 saturated carbocycles. The van der Waals surface area contributed by atoms with Crippen LogP contribution < -0.4 is 5.32 Å². The molecule has 2 rings (SSSR count). The van der Waals surface area contributed by atoms with Gasteiger partial charge in [-0.25, -0.2) is 0 Å². The van der Waals surface area contributed by atoms with E-state index in [1.807, 2.05) is 0 Å². The summed E-state index contributed by atoms with van der Waals surface area (Å²) in [5, 5.41) is 3.76. The summed E-state index contributed by atoms with van der Waals surface area (Å²) in [4.78, 5) is 2.63. The van der Waals surface area contributed by atoms with Crippen molar-refractivity contribution in [3.8, 4) is 0 Å².